The number of benzene rings is 3. The zero-order valence-electron chi connectivity index (χ0n) is 16.4. The summed E-state index contributed by atoms with van der Waals surface area (Å²) >= 11 is 0. The van der Waals surface area contributed by atoms with E-state index in [9.17, 15) is 9.90 Å². The minimum atomic E-state index is -0.629. The molecule has 0 aliphatic heterocycles. The molecule has 0 saturated carbocycles. The van der Waals surface area contributed by atoms with E-state index in [1.165, 1.54) is 5.56 Å². The van der Waals surface area contributed by atoms with E-state index in [0.29, 0.717) is 24.6 Å². The van der Waals surface area contributed by atoms with Crippen molar-refractivity contribution >= 4 is 16.7 Å². The van der Waals surface area contributed by atoms with Crippen molar-refractivity contribution < 1.29 is 14.6 Å². The molecule has 0 fully saturated rings. The molecule has 0 aromatic heterocycles. The fourth-order valence-corrected chi connectivity index (χ4v) is 3.19. The van der Waals surface area contributed by atoms with E-state index >= 15 is 0 Å². The van der Waals surface area contributed by atoms with Crippen LogP contribution in [0.25, 0.3) is 10.8 Å². The van der Waals surface area contributed by atoms with Gasteiger partial charge in [0.2, 0.25) is 0 Å². The van der Waals surface area contributed by atoms with Crippen LogP contribution in [0.2, 0.25) is 0 Å². The quantitative estimate of drug-likeness (QED) is 0.604. The third-order valence-corrected chi connectivity index (χ3v) is 4.84. The van der Waals surface area contributed by atoms with Crippen LogP contribution in [0.3, 0.4) is 0 Å². The predicted molar refractivity (Wildman–Crippen MR) is 113 cm³/mol. The molecule has 0 spiro atoms. The predicted octanol–water partition coefficient (Wildman–Crippen LogP) is 4.58. The molecule has 0 radical (unpaired) electrons. The molecule has 2 N–H and O–H groups in total. The van der Waals surface area contributed by atoms with Crippen LogP contribution in [0.5, 0.6) is 5.75 Å². The third kappa shape index (κ3) is 5.11. The number of aliphatic hydroxyl groups is 1. The smallest absolute Gasteiger partial charge is 0.257 e. The van der Waals surface area contributed by atoms with Crippen LogP contribution in [-0.2, 0) is 4.79 Å². The van der Waals surface area contributed by atoms with Gasteiger partial charge in [-0.15, -0.1) is 0 Å². The number of fused-ring (bicyclic) bond motifs is 1. The first-order valence-electron chi connectivity index (χ1n) is 9.70. The molecule has 0 heterocycles. The number of hydrogen-bond acceptors (Lipinski definition) is 3. The Bertz CT molecular complexity index is 913. The van der Waals surface area contributed by atoms with Crippen molar-refractivity contribution in [2.75, 3.05) is 13.2 Å². The molecule has 1 amide bonds. The molecule has 4 nitrogen and oxygen atoms in total. The van der Waals surface area contributed by atoms with E-state index in [1.54, 1.807) is 0 Å². The van der Waals surface area contributed by atoms with Gasteiger partial charge in [-0.1, -0.05) is 68.4 Å². The zero-order valence-corrected chi connectivity index (χ0v) is 16.4. The van der Waals surface area contributed by atoms with Gasteiger partial charge in [-0.2, -0.15) is 0 Å². The average molecular weight is 377 g/mol. The fraction of sp³-hybridized carbons (Fsp3) is 0.292. The van der Waals surface area contributed by atoms with Crippen molar-refractivity contribution in [3.63, 3.8) is 0 Å². The van der Waals surface area contributed by atoms with Crippen LogP contribution in [0.4, 0.5) is 0 Å². The Morgan fingerprint density at radius 1 is 1.00 bits per heavy atom. The Balaban J connectivity index is 1.46. The molecule has 3 aromatic carbocycles. The summed E-state index contributed by atoms with van der Waals surface area (Å²) in [5.41, 5.74) is 2.12. The third-order valence-electron chi connectivity index (χ3n) is 4.84. The minimum absolute atomic E-state index is 0.0363. The molecule has 0 aliphatic rings. The van der Waals surface area contributed by atoms with E-state index in [2.05, 4.69) is 19.2 Å². The summed E-state index contributed by atoms with van der Waals surface area (Å²) in [6.45, 7) is 4.62. The van der Waals surface area contributed by atoms with Crippen LogP contribution in [-0.4, -0.2) is 24.2 Å². The molecule has 1 unspecified atom stereocenters. The Labute approximate surface area is 166 Å². The van der Waals surface area contributed by atoms with Crippen molar-refractivity contribution in [1.82, 2.24) is 5.32 Å². The maximum Gasteiger partial charge on any atom is 0.257 e. The van der Waals surface area contributed by atoms with E-state index < -0.39 is 6.10 Å². The molecule has 0 bridgehead atoms. The lowest BCUT2D eigenvalue weighted by Gasteiger charge is -2.14. The number of hydrogen-bond donors (Lipinski definition) is 2. The average Bonchev–Trinajstić information content (AvgIpc) is 2.72. The molecule has 3 rings (SSSR count). The number of rotatable bonds is 8. The highest BCUT2D eigenvalue weighted by atomic mass is 16.5. The van der Waals surface area contributed by atoms with Gasteiger partial charge >= 0.3 is 0 Å². The SMILES string of the molecule is CC(C)c1ccc(OCC(=O)NCCC(O)c2cccc3ccccc23)cc1. The van der Waals surface area contributed by atoms with E-state index in [-0.39, 0.29) is 12.5 Å². The van der Waals surface area contributed by atoms with Gasteiger partial charge in [0.1, 0.15) is 5.75 Å². The Morgan fingerprint density at radius 3 is 2.46 bits per heavy atom. The summed E-state index contributed by atoms with van der Waals surface area (Å²) in [6.07, 6.45) is -0.182. The lowest BCUT2D eigenvalue weighted by molar-refractivity contribution is -0.123. The molecule has 0 saturated heterocycles. The summed E-state index contributed by atoms with van der Waals surface area (Å²) in [5, 5.41) is 15.5. The number of amides is 1. The topological polar surface area (TPSA) is 58.6 Å². The van der Waals surface area contributed by atoms with Gasteiger partial charge in [0.15, 0.2) is 6.61 Å². The van der Waals surface area contributed by atoms with Gasteiger partial charge in [0.05, 0.1) is 6.10 Å². The van der Waals surface area contributed by atoms with Crippen LogP contribution < -0.4 is 10.1 Å². The van der Waals surface area contributed by atoms with E-state index in [0.717, 1.165) is 16.3 Å². The zero-order chi connectivity index (χ0) is 19.9. The van der Waals surface area contributed by atoms with E-state index in [4.69, 9.17) is 4.74 Å². The monoisotopic (exact) mass is 377 g/mol. The molecule has 1 atom stereocenters. The first-order chi connectivity index (χ1) is 13.5. The van der Waals surface area contributed by atoms with Gasteiger partial charge < -0.3 is 15.2 Å². The van der Waals surface area contributed by atoms with Crippen molar-refractivity contribution in [1.29, 1.82) is 0 Å². The molecule has 4 heteroatoms. The summed E-state index contributed by atoms with van der Waals surface area (Å²) in [7, 11) is 0. The maximum atomic E-state index is 12.0. The Hall–Kier alpha value is -2.85. The van der Waals surface area contributed by atoms with Crippen LogP contribution in [0.15, 0.2) is 66.7 Å². The van der Waals surface area contributed by atoms with Gasteiger partial charge in [-0.05, 0) is 46.4 Å². The van der Waals surface area contributed by atoms with Crippen molar-refractivity contribution in [2.45, 2.75) is 32.3 Å². The number of nitrogens with one attached hydrogen (secondary N) is 1. The summed E-state index contributed by atoms with van der Waals surface area (Å²) < 4.78 is 5.53. The standard InChI is InChI=1S/C24H27NO3/c1-17(2)18-10-12-20(13-11-18)28-16-24(27)25-15-14-23(26)22-9-5-7-19-6-3-4-8-21(19)22/h3-13,17,23,26H,14-16H2,1-2H3,(H,25,27). The highest BCUT2D eigenvalue weighted by Crippen LogP contribution is 2.25. The lowest BCUT2D eigenvalue weighted by atomic mass is 9.99. The molecule has 146 valence electrons. The normalized spacial score (nSPS) is 12.1. The second-order valence-electron chi connectivity index (χ2n) is 7.24. The molecular formula is C24H27NO3. The lowest BCUT2D eigenvalue weighted by Crippen LogP contribution is -2.30. The Kier molecular flexibility index (Phi) is 6.66. The maximum absolute atomic E-state index is 12.0. The highest BCUT2D eigenvalue weighted by molar-refractivity contribution is 5.86. The largest absolute Gasteiger partial charge is 0.484 e. The molecule has 28 heavy (non-hydrogen) atoms. The second-order valence-corrected chi connectivity index (χ2v) is 7.24. The molecular weight excluding hydrogens is 350 g/mol. The van der Waals surface area contributed by atoms with Gasteiger partial charge in [0.25, 0.3) is 5.91 Å². The number of aliphatic hydroxyl groups excluding tert-OH is 1. The minimum Gasteiger partial charge on any atom is -0.484 e. The molecule has 0 aliphatic carbocycles. The first kappa shape index (κ1) is 19.9. The summed E-state index contributed by atoms with van der Waals surface area (Å²) in [6, 6.07) is 21.7. The van der Waals surface area contributed by atoms with Gasteiger partial charge in [0, 0.05) is 6.54 Å². The number of carbonyl (C=O) groups excluding carboxylic acids is 1. The molecule has 3 aromatic rings. The van der Waals surface area contributed by atoms with Crippen LogP contribution in [0.1, 0.15) is 43.4 Å². The van der Waals surface area contributed by atoms with Gasteiger partial charge in [-0.3, -0.25) is 4.79 Å². The van der Waals surface area contributed by atoms with Crippen molar-refractivity contribution in [3.8, 4) is 5.75 Å². The van der Waals surface area contributed by atoms with E-state index in [1.807, 2.05) is 66.7 Å². The first-order valence-corrected chi connectivity index (χ1v) is 9.70. The summed E-state index contributed by atoms with van der Waals surface area (Å²) in [4.78, 5) is 12.0. The highest BCUT2D eigenvalue weighted by Gasteiger charge is 2.12. The Morgan fingerprint density at radius 2 is 1.71 bits per heavy atom. The number of carbonyl (C=O) groups is 1. The van der Waals surface area contributed by atoms with Crippen LogP contribution >= 0.6 is 0 Å². The van der Waals surface area contributed by atoms with Crippen molar-refractivity contribution in [3.05, 3.63) is 77.9 Å². The summed E-state index contributed by atoms with van der Waals surface area (Å²) in [5.74, 6) is 0.943. The van der Waals surface area contributed by atoms with Crippen LogP contribution in [0, 0.1) is 0 Å². The fourth-order valence-electron chi connectivity index (χ4n) is 3.19. The number of ether oxygens (including phenoxy) is 1. The second kappa shape index (κ2) is 9.38. The van der Waals surface area contributed by atoms with Crippen molar-refractivity contribution in [2.24, 2.45) is 0 Å². The van der Waals surface area contributed by atoms with Gasteiger partial charge in [-0.25, -0.2) is 0 Å².